The summed E-state index contributed by atoms with van der Waals surface area (Å²) >= 11 is 0. The summed E-state index contributed by atoms with van der Waals surface area (Å²) in [5.74, 6) is 4.98. The van der Waals surface area contributed by atoms with Crippen LogP contribution in [0.1, 0.15) is 25.0 Å². The molecule has 222 valence electrons. The fourth-order valence-electron chi connectivity index (χ4n) is 6.97. The Bertz CT molecular complexity index is 2470. The van der Waals surface area contributed by atoms with Gasteiger partial charge in [-0.1, -0.05) is 62.4 Å². The number of para-hydroxylation sites is 3. The van der Waals surface area contributed by atoms with E-state index in [4.69, 9.17) is 19.4 Å². The molecule has 0 amide bonds. The van der Waals surface area contributed by atoms with Crippen LogP contribution in [-0.4, -0.2) is 19.1 Å². The predicted molar refractivity (Wildman–Crippen MR) is 183 cm³/mol. The number of hydrogen-bond donors (Lipinski definition) is 0. The van der Waals surface area contributed by atoms with Gasteiger partial charge in [-0.25, -0.2) is 9.97 Å². The molecule has 0 spiro atoms. The molecule has 0 radical (unpaired) electrons. The summed E-state index contributed by atoms with van der Waals surface area (Å²) < 4.78 is 17.4. The lowest BCUT2D eigenvalue weighted by Gasteiger charge is -2.34. The van der Waals surface area contributed by atoms with Crippen molar-refractivity contribution in [2.75, 3.05) is 0 Å². The summed E-state index contributed by atoms with van der Waals surface area (Å²) in [5, 5.41) is 2.27. The molecule has 0 bridgehead atoms. The molecular formula is C40H30N4O2. The van der Waals surface area contributed by atoms with Crippen molar-refractivity contribution in [2.24, 2.45) is 7.05 Å². The maximum Gasteiger partial charge on any atom is 0.140 e. The zero-order valence-electron chi connectivity index (χ0n) is 25.7. The highest BCUT2D eigenvalue weighted by Crippen LogP contribution is 2.50. The number of ether oxygens (including phenoxy) is 2. The van der Waals surface area contributed by atoms with Gasteiger partial charge in [-0.2, -0.15) is 0 Å². The normalized spacial score (nSPS) is 13.5. The number of imidazole rings is 1. The first-order valence-electron chi connectivity index (χ1n) is 15.5. The SMILES string of the molecule is Cn1c(-c2cccc(Oc3ccc4c5cc6c(cc5n(-c5ccccn5)c4c3)Oc3ccccc3C6(C)C)c2)nc2ccccc21. The van der Waals surface area contributed by atoms with Gasteiger partial charge in [0.15, 0.2) is 0 Å². The molecule has 4 heterocycles. The van der Waals surface area contributed by atoms with Crippen LogP contribution in [0, 0.1) is 0 Å². The molecule has 6 heteroatoms. The second kappa shape index (κ2) is 9.81. The lowest BCUT2D eigenvalue weighted by molar-refractivity contribution is 0.419. The quantitative estimate of drug-likeness (QED) is 0.202. The molecule has 0 unspecified atom stereocenters. The minimum atomic E-state index is -0.217. The van der Waals surface area contributed by atoms with E-state index in [0.29, 0.717) is 0 Å². The maximum atomic E-state index is 6.53. The Labute approximate surface area is 266 Å². The van der Waals surface area contributed by atoms with Crippen LogP contribution in [0.5, 0.6) is 23.0 Å². The van der Waals surface area contributed by atoms with E-state index in [2.05, 4.69) is 71.5 Å². The fourth-order valence-corrected chi connectivity index (χ4v) is 6.97. The van der Waals surface area contributed by atoms with Gasteiger partial charge in [0.1, 0.15) is 34.6 Å². The molecule has 9 rings (SSSR count). The number of aryl methyl sites for hydroxylation is 1. The van der Waals surface area contributed by atoms with Crippen molar-refractivity contribution in [1.29, 1.82) is 0 Å². The first kappa shape index (κ1) is 26.5. The molecule has 8 aromatic rings. The van der Waals surface area contributed by atoms with Crippen LogP contribution in [0.25, 0.3) is 50.0 Å². The minimum absolute atomic E-state index is 0.217. The first-order chi connectivity index (χ1) is 22.5. The van der Waals surface area contributed by atoms with Crippen molar-refractivity contribution < 1.29 is 9.47 Å². The number of hydrogen-bond acceptors (Lipinski definition) is 4. The van der Waals surface area contributed by atoms with E-state index in [9.17, 15) is 0 Å². The van der Waals surface area contributed by atoms with E-state index in [-0.39, 0.29) is 5.41 Å². The third-order valence-electron chi connectivity index (χ3n) is 9.29. The number of aromatic nitrogens is 4. The first-order valence-corrected chi connectivity index (χ1v) is 15.5. The standard InChI is InChI=1S/C40H30N4O2/c1-40(2)30-13-4-7-16-36(30)46-37-24-35-29(23-31(37)40)28-19-18-27(22-34(28)44(35)38-17-8-9-20-41-38)45-26-12-10-11-25(21-26)39-42-32-14-5-6-15-33(32)43(39)3/h4-24H,1-3H3. The van der Waals surface area contributed by atoms with Crippen molar-refractivity contribution in [3.05, 3.63) is 139 Å². The van der Waals surface area contributed by atoms with Gasteiger partial charge >= 0.3 is 0 Å². The van der Waals surface area contributed by atoms with E-state index < -0.39 is 0 Å². The maximum absolute atomic E-state index is 6.53. The van der Waals surface area contributed by atoms with Gasteiger partial charge in [0, 0.05) is 58.3 Å². The lowest BCUT2D eigenvalue weighted by atomic mass is 9.75. The Morgan fingerprint density at radius 2 is 1.46 bits per heavy atom. The van der Waals surface area contributed by atoms with Crippen LogP contribution in [0.15, 0.2) is 128 Å². The minimum Gasteiger partial charge on any atom is -0.457 e. The molecule has 0 N–H and O–H groups in total. The molecule has 6 nitrogen and oxygen atoms in total. The number of fused-ring (bicyclic) bond motifs is 6. The highest BCUT2D eigenvalue weighted by atomic mass is 16.5. The Morgan fingerprint density at radius 1 is 0.652 bits per heavy atom. The number of benzene rings is 5. The van der Waals surface area contributed by atoms with Crippen LogP contribution in [0.3, 0.4) is 0 Å². The van der Waals surface area contributed by atoms with Crippen molar-refractivity contribution in [1.82, 2.24) is 19.1 Å². The van der Waals surface area contributed by atoms with Crippen LogP contribution in [-0.2, 0) is 12.5 Å². The van der Waals surface area contributed by atoms with Gasteiger partial charge in [0.05, 0.1) is 22.1 Å². The van der Waals surface area contributed by atoms with Gasteiger partial charge in [0.2, 0.25) is 0 Å². The molecular weight excluding hydrogens is 568 g/mol. The molecule has 0 atom stereocenters. The highest BCUT2D eigenvalue weighted by molar-refractivity contribution is 6.10. The number of nitrogens with zero attached hydrogens (tertiary/aromatic N) is 4. The van der Waals surface area contributed by atoms with E-state index in [1.54, 1.807) is 0 Å². The fraction of sp³-hybridized carbons (Fsp3) is 0.100. The summed E-state index contributed by atoms with van der Waals surface area (Å²) in [6, 6.07) is 41.4. The van der Waals surface area contributed by atoms with Gasteiger partial charge in [0.25, 0.3) is 0 Å². The molecule has 0 fully saturated rings. The van der Waals surface area contributed by atoms with Gasteiger partial charge in [-0.15, -0.1) is 0 Å². The van der Waals surface area contributed by atoms with Crippen molar-refractivity contribution in [2.45, 2.75) is 19.3 Å². The van der Waals surface area contributed by atoms with Crippen molar-refractivity contribution >= 4 is 32.8 Å². The van der Waals surface area contributed by atoms with Crippen LogP contribution in [0.2, 0.25) is 0 Å². The van der Waals surface area contributed by atoms with E-state index in [1.165, 1.54) is 5.56 Å². The molecule has 46 heavy (non-hydrogen) atoms. The smallest absolute Gasteiger partial charge is 0.140 e. The van der Waals surface area contributed by atoms with Crippen LogP contribution in [0.4, 0.5) is 0 Å². The largest absolute Gasteiger partial charge is 0.457 e. The van der Waals surface area contributed by atoms with Gasteiger partial charge < -0.3 is 14.0 Å². The topological polar surface area (TPSA) is 54.1 Å². The number of pyridine rings is 1. The Kier molecular flexibility index (Phi) is 5.66. The van der Waals surface area contributed by atoms with E-state index >= 15 is 0 Å². The second-order valence-corrected chi connectivity index (χ2v) is 12.4. The van der Waals surface area contributed by atoms with E-state index in [0.717, 1.165) is 78.6 Å². The van der Waals surface area contributed by atoms with Gasteiger partial charge in [-0.05, 0) is 60.7 Å². The summed E-state index contributed by atoms with van der Waals surface area (Å²) in [6.45, 7) is 4.54. The van der Waals surface area contributed by atoms with Crippen molar-refractivity contribution in [3.8, 4) is 40.2 Å². The van der Waals surface area contributed by atoms with E-state index in [1.807, 2.05) is 86.0 Å². The zero-order valence-corrected chi connectivity index (χ0v) is 25.7. The summed E-state index contributed by atoms with van der Waals surface area (Å²) in [4.78, 5) is 9.64. The van der Waals surface area contributed by atoms with Crippen LogP contribution < -0.4 is 9.47 Å². The molecule has 1 aliphatic heterocycles. The molecule has 1 aliphatic rings. The summed E-state index contributed by atoms with van der Waals surface area (Å²) in [7, 11) is 2.05. The van der Waals surface area contributed by atoms with Crippen molar-refractivity contribution in [3.63, 3.8) is 0 Å². The third-order valence-corrected chi connectivity index (χ3v) is 9.29. The second-order valence-electron chi connectivity index (χ2n) is 12.4. The Morgan fingerprint density at radius 3 is 2.33 bits per heavy atom. The summed E-state index contributed by atoms with van der Waals surface area (Å²) in [5.41, 5.74) is 7.23. The van der Waals surface area contributed by atoms with Gasteiger partial charge in [-0.3, -0.25) is 4.57 Å². The molecule has 0 aliphatic carbocycles. The summed E-state index contributed by atoms with van der Waals surface area (Å²) in [6.07, 6.45) is 1.83. The average Bonchev–Trinajstić information content (AvgIpc) is 3.58. The lowest BCUT2D eigenvalue weighted by Crippen LogP contribution is -2.24. The number of rotatable bonds is 4. The molecule has 0 saturated carbocycles. The zero-order chi connectivity index (χ0) is 31.0. The molecule has 3 aromatic heterocycles. The third kappa shape index (κ3) is 3.96. The van der Waals surface area contributed by atoms with Crippen LogP contribution >= 0.6 is 0 Å². The molecule has 5 aromatic carbocycles. The average molecular weight is 599 g/mol. The molecule has 0 saturated heterocycles. The Balaban J connectivity index is 1.18. The highest BCUT2D eigenvalue weighted by Gasteiger charge is 2.35. The predicted octanol–water partition coefficient (Wildman–Crippen LogP) is 9.96. The Hall–Kier alpha value is -5.88. The monoisotopic (exact) mass is 598 g/mol.